The van der Waals surface area contributed by atoms with E-state index < -0.39 is 0 Å². The second-order valence-electron chi connectivity index (χ2n) is 8.06. The number of aromatic nitrogens is 2. The van der Waals surface area contributed by atoms with E-state index in [0.717, 1.165) is 18.7 Å². The molecule has 0 radical (unpaired) electrons. The Morgan fingerprint density at radius 1 is 1.14 bits per heavy atom. The summed E-state index contributed by atoms with van der Waals surface area (Å²) in [6.45, 7) is 9.95. The van der Waals surface area contributed by atoms with Crippen molar-refractivity contribution in [1.82, 2.24) is 15.1 Å². The van der Waals surface area contributed by atoms with E-state index in [1.54, 1.807) is 18.4 Å². The lowest BCUT2D eigenvalue weighted by Crippen LogP contribution is -2.33. The number of nitrogens with zero attached hydrogens (tertiary/aromatic N) is 3. The summed E-state index contributed by atoms with van der Waals surface area (Å²) in [5.74, 6) is 1.24. The van der Waals surface area contributed by atoms with Crippen molar-refractivity contribution in [2.45, 2.75) is 46.1 Å². The minimum absolute atomic E-state index is 0.0762. The lowest BCUT2D eigenvalue weighted by molar-refractivity contribution is -0.117. The average Bonchev–Trinajstić information content (AvgIpc) is 3.33. The SMILES string of the molecule is CCCN(CC(=O)Nc1ccc(C(C)(C)C)cc1)Cc1nnc(-c2ccco2)o1. The topological polar surface area (TPSA) is 84.4 Å². The molecule has 154 valence electrons. The summed E-state index contributed by atoms with van der Waals surface area (Å²) in [6.07, 6.45) is 2.47. The minimum Gasteiger partial charge on any atom is -0.459 e. The standard InChI is InChI=1S/C22H28N4O3/c1-5-12-26(15-20-24-25-21(29-20)18-7-6-13-28-18)14-19(27)23-17-10-8-16(9-11-17)22(2,3)4/h6-11,13H,5,12,14-15H2,1-4H3,(H,23,27). The van der Waals surface area contributed by atoms with Crippen molar-refractivity contribution in [2.75, 3.05) is 18.4 Å². The lowest BCUT2D eigenvalue weighted by atomic mass is 9.87. The van der Waals surface area contributed by atoms with Gasteiger partial charge >= 0.3 is 0 Å². The van der Waals surface area contributed by atoms with Gasteiger partial charge in [0, 0.05) is 5.69 Å². The second kappa shape index (κ2) is 9.05. The molecule has 1 N–H and O–H groups in total. The number of carbonyl (C=O) groups excluding carboxylic acids is 1. The number of hydrogen-bond donors (Lipinski definition) is 1. The van der Waals surface area contributed by atoms with E-state index in [-0.39, 0.29) is 17.9 Å². The quantitative estimate of drug-likeness (QED) is 0.604. The molecule has 3 rings (SSSR count). The van der Waals surface area contributed by atoms with E-state index in [9.17, 15) is 4.79 Å². The Balaban J connectivity index is 1.59. The molecule has 29 heavy (non-hydrogen) atoms. The highest BCUT2D eigenvalue weighted by Crippen LogP contribution is 2.23. The molecule has 1 amide bonds. The third-order valence-electron chi connectivity index (χ3n) is 4.50. The Morgan fingerprint density at radius 3 is 2.52 bits per heavy atom. The van der Waals surface area contributed by atoms with Gasteiger partial charge in [-0.05, 0) is 48.2 Å². The maximum absolute atomic E-state index is 12.5. The number of furan rings is 1. The Kier molecular flexibility index (Phi) is 6.49. The van der Waals surface area contributed by atoms with E-state index in [0.29, 0.717) is 24.1 Å². The largest absolute Gasteiger partial charge is 0.459 e. The number of nitrogens with one attached hydrogen (secondary N) is 1. The van der Waals surface area contributed by atoms with Crippen LogP contribution in [-0.2, 0) is 16.8 Å². The molecule has 0 aliphatic rings. The van der Waals surface area contributed by atoms with Gasteiger partial charge in [0.15, 0.2) is 5.76 Å². The van der Waals surface area contributed by atoms with Gasteiger partial charge in [-0.3, -0.25) is 9.69 Å². The summed E-state index contributed by atoms with van der Waals surface area (Å²) >= 11 is 0. The molecule has 7 nitrogen and oxygen atoms in total. The lowest BCUT2D eigenvalue weighted by Gasteiger charge is -2.20. The van der Waals surface area contributed by atoms with Crippen LogP contribution in [0.15, 0.2) is 51.5 Å². The molecule has 2 heterocycles. The summed E-state index contributed by atoms with van der Waals surface area (Å²) in [5.41, 5.74) is 2.10. The Bertz CT molecular complexity index is 908. The summed E-state index contributed by atoms with van der Waals surface area (Å²) in [6, 6.07) is 11.5. The fourth-order valence-corrected chi connectivity index (χ4v) is 3.00. The highest BCUT2D eigenvalue weighted by molar-refractivity contribution is 5.92. The molecule has 0 spiro atoms. The summed E-state index contributed by atoms with van der Waals surface area (Å²) < 4.78 is 10.9. The van der Waals surface area contributed by atoms with Gasteiger partial charge in [-0.15, -0.1) is 10.2 Å². The molecule has 2 aromatic heterocycles. The molecule has 0 atom stereocenters. The van der Waals surface area contributed by atoms with Crippen molar-refractivity contribution in [2.24, 2.45) is 0 Å². The maximum atomic E-state index is 12.5. The van der Waals surface area contributed by atoms with Crippen LogP contribution in [-0.4, -0.2) is 34.1 Å². The van der Waals surface area contributed by atoms with Gasteiger partial charge in [0.05, 0.1) is 19.4 Å². The van der Waals surface area contributed by atoms with E-state index in [2.05, 4.69) is 43.2 Å². The Labute approximate surface area is 171 Å². The molecule has 0 bridgehead atoms. The van der Waals surface area contributed by atoms with E-state index in [1.807, 2.05) is 29.2 Å². The zero-order chi connectivity index (χ0) is 20.9. The monoisotopic (exact) mass is 396 g/mol. The van der Waals surface area contributed by atoms with E-state index >= 15 is 0 Å². The van der Waals surface area contributed by atoms with Gasteiger partial charge in [0.25, 0.3) is 5.89 Å². The van der Waals surface area contributed by atoms with Crippen LogP contribution in [0.25, 0.3) is 11.7 Å². The number of anilines is 1. The first-order chi connectivity index (χ1) is 13.8. The molecule has 0 fully saturated rings. The average molecular weight is 396 g/mol. The predicted molar refractivity (Wildman–Crippen MR) is 111 cm³/mol. The van der Waals surface area contributed by atoms with Gasteiger partial charge in [-0.1, -0.05) is 39.8 Å². The van der Waals surface area contributed by atoms with Gasteiger partial charge in [-0.25, -0.2) is 0 Å². The van der Waals surface area contributed by atoms with Crippen LogP contribution in [0.5, 0.6) is 0 Å². The van der Waals surface area contributed by atoms with Crippen molar-refractivity contribution in [3.05, 3.63) is 54.1 Å². The fraction of sp³-hybridized carbons (Fsp3) is 0.409. The highest BCUT2D eigenvalue weighted by atomic mass is 16.4. The van der Waals surface area contributed by atoms with Crippen LogP contribution in [0.4, 0.5) is 5.69 Å². The van der Waals surface area contributed by atoms with Crippen molar-refractivity contribution in [1.29, 1.82) is 0 Å². The van der Waals surface area contributed by atoms with Crippen LogP contribution < -0.4 is 5.32 Å². The zero-order valence-electron chi connectivity index (χ0n) is 17.4. The minimum atomic E-state index is -0.0762. The number of carbonyl (C=O) groups is 1. The predicted octanol–water partition coefficient (Wildman–Crippen LogP) is 4.48. The number of benzene rings is 1. The van der Waals surface area contributed by atoms with Crippen molar-refractivity contribution >= 4 is 11.6 Å². The molecule has 0 aliphatic heterocycles. The van der Waals surface area contributed by atoms with Gasteiger partial charge in [0.2, 0.25) is 11.8 Å². The number of hydrogen-bond acceptors (Lipinski definition) is 6. The third-order valence-corrected chi connectivity index (χ3v) is 4.50. The highest BCUT2D eigenvalue weighted by Gasteiger charge is 2.17. The molecule has 0 unspecified atom stereocenters. The van der Waals surface area contributed by atoms with Crippen molar-refractivity contribution in [3.63, 3.8) is 0 Å². The number of amides is 1. The maximum Gasteiger partial charge on any atom is 0.283 e. The smallest absolute Gasteiger partial charge is 0.283 e. The first-order valence-corrected chi connectivity index (χ1v) is 9.84. The molecular formula is C22H28N4O3. The summed E-state index contributed by atoms with van der Waals surface area (Å²) in [5, 5.41) is 11.0. The van der Waals surface area contributed by atoms with Gasteiger partial charge in [-0.2, -0.15) is 0 Å². The first-order valence-electron chi connectivity index (χ1n) is 9.84. The van der Waals surface area contributed by atoms with Crippen LogP contribution in [0, 0.1) is 0 Å². The van der Waals surface area contributed by atoms with Gasteiger partial charge < -0.3 is 14.2 Å². The summed E-state index contributed by atoms with van der Waals surface area (Å²) in [7, 11) is 0. The van der Waals surface area contributed by atoms with Crippen LogP contribution >= 0.6 is 0 Å². The van der Waals surface area contributed by atoms with Crippen LogP contribution in [0.1, 0.15) is 45.6 Å². The van der Waals surface area contributed by atoms with Crippen molar-refractivity contribution in [3.8, 4) is 11.7 Å². The van der Waals surface area contributed by atoms with Gasteiger partial charge in [0.1, 0.15) is 0 Å². The molecule has 0 aliphatic carbocycles. The fourth-order valence-electron chi connectivity index (χ4n) is 3.00. The van der Waals surface area contributed by atoms with E-state index in [1.165, 1.54) is 5.56 Å². The van der Waals surface area contributed by atoms with Crippen LogP contribution in [0.2, 0.25) is 0 Å². The third kappa shape index (κ3) is 5.77. The van der Waals surface area contributed by atoms with Crippen LogP contribution in [0.3, 0.4) is 0 Å². The Hall–Kier alpha value is -2.93. The number of rotatable bonds is 8. The molecule has 1 aromatic carbocycles. The molecule has 0 saturated carbocycles. The zero-order valence-corrected chi connectivity index (χ0v) is 17.4. The normalized spacial score (nSPS) is 11.8. The van der Waals surface area contributed by atoms with E-state index in [4.69, 9.17) is 8.83 Å². The summed E-state index contributed by atoms with van der Waals surface area (Å²) in [4.78, 5) is 14.5. The first kappa shape index (κ1) is 20.8. The second-order valence-corrected chi connectivity index (χ2v) is 8.06. The molecular weight excluding hydrogens is 368 g/mol. The van der Waals surface area contributed by atoms with Crippen molar-refractivity contribution < 1.29 is 13.6 Å². The molecule has 7 heteroatoms. The Morgan fingerprint density at radius 2 is 1.90 bits per heavy atom. The molecule has 0 saturated heterocycles. The molecule has 3 aromatic rings.